The van der Waals surface area contributed by atoms with Crippen molar-refractivity contribution < 1.29 is 9.51 Å². The average Bonchev–Trinajstić information content (AvgIpc) is 2.73. The molecule has 3 aromatic rings. The third-order valence-corrected chi connectivity index (χ3v) is 5.54. The van der Waals surface area contributed by atoms with Crippen molar-refractivity contribution >= 4 is 5.65 Å². The summed E-state index contributed by atoms with van der Waals surface area (Å²) in [6, 6.07) is 15.8. The molecule has 6 heteroatoms. The van der Waals surface area contributed by atoms with E-state index >= 15 is 0 Å². The minimum absolute atomic E-state index is 0.393. The van der Waals surface area contributed by atoms with Gasteiger partial charge in [-0.1, -0.05) is 36.4 Å². The Bertz CT molecular complexity index is 1010. The molecule has 0 amide bonds. The molecule has 0 bridgehead atoms. The highest BCUT2D eigenvalue weighted by molar-refractivity contribution is 5.34. The monoisotopic (exact) mass is 378 g/mol. The Kier molecular flexibility index (Phi) is 5.41. The number of aryl methyl sites for hydroxylation is 2. The highest BCUT2D eigenvalue weighted by Gasteiger charge is 2.22. The summed E-state index contributed by atoms with van der Waals surface area (Å²) in [4.78, 5) is 17.5. The van der Waals surface area contributed by atoms with Gasteiger partial charge < -0.3 is 10.0 Å². The lowest BCUT2D eigenvalue weighted by Gasteiger charge is -2.32. The molecule has 146 valence electrons. The highest BCUT2D eigenvalue weighted by atomic mass is 16.3. The molecule has 1 aromatic carbocycles. The lowest BCUT2D eigenvalue weighted by molar-refractivity contribution is -0.534. The summed E-state index contributed by atoms with van der Waals surface area (Å²) < 4.78 is 3.51. The summed E-state index contributed by atoms with van der Waals surface area (Å²) in [5.41, 5.74) is 2.05. The summed E-state index contributed by atoms with van der Waals surface area (Å²) in [6.45, 7) is 4.76. The fourth-order valence-electron chi connectivity index (χ4n) is 3.81. The van der Waals surface area contributed by atoms with Gasteiger partial charge in [-0.15, -0.1) is 0 Å². The number of benzene rings is 1. The standard InChI is InChI=1S/C22H26N4O2/c1-23-13-15-24(16-14-23)17-19-21(27)22(28)26(20-9-5-6-11-25(19)20)12-10-18-7-3-2-4-8-18/h2-9,11H,10,12-17H2,1H3. The van der Waals surface area contributed by atoms with Crippen LogP contribution in [0.25, 0.3) is 5.65 Å². The predicted molar refractivity (Wildman–Crippen MR) is 106 cm³/mol. The van der Waals surface area contributed by atoms with Gasteiger partial charge in [0.1, 0.15) is 5.69 Å². The Morgan fingerprint density at radius 2 is 1.71 bits per heavy atom. The van der Waals surface area contributed by atoms with Crippen LogP contribution in [-0.2, 0) is 19.5 Å². The van der Waals surface area contributed by atoms with Crippen LogP contribution in [0, 0.1) is 0 Å². The van der Waals surface area contributed by atoms with Gasteiger partial charge in [0.05, 0.1) is 19.3 Å². The van der Waals surface area contributed by atoms with E-state index in [-0.39, 0.29) is 0 Å². The molecule has 1 aliphatic rings. The Morgan fingerprint density at radius 1 is 1.00 bits per heavy atom. The van der Waals surface area contributed by atoms with Crippen molar-refractivity contribution in [2.45, 2.75) is 19.5 Å². The van der Waals surface area contributed by atoms with Gasteiger partial charge in [0.15, 0.2) is 0 Å². The summed E-state index contributed by atoms with van der Waals surface area (Å²) in [7, 11) is 2.11. The zero-order valence-electron chi connectivity index (χ0n) is 16.3. The van der Waals surface area contributed by atoms with Crippen LogP contribution in [0.3, 0.4) is 0 Å². The molecule has 4 rings (SSSR count). The van der Waals surface area contributed by atoms with E-state index in [0.717, 1.165) is 37.4 Å². The van der Waals surface area contributed by atoms with Crippen LogP contribution >= 0.6 is 0 Å². The Morgan fingerprint density at radius 3 is 2.46 bits per heavy atom. The molecule has 0 radical (unpaired) electrons. The zero-order valence-corrected chi connectivity index (χ0v) is 16.3. The van der Waals surface area contributed by atoms with Crippen molar-refractivity contribution in [3.05, 3.63) is 76.3 Å². The topological polar surface area (TPSA) is 55.6 Å². The molecule has 0 N–H and O–H groups in total. The lowest BCUT2D eigenvalue weighted by Crippen LogP contribution is -2.47. The molecule has 6 nitrogen and oxygen atoms in total. The van der Waals surface area contributed by atoms with E-state index in [1.165, 1.54) is 0 Å². The first-order valence-electron chi connectivity index (χ1n) is 9.81. The van der Waals surface area contributed by atoms with E-state index in [1.54, 1.807) is 4.57 Å². The Balaban J connectivity index is 1.68. The van der Waals surface area contributed by atoms with Crippen LogP contribution < -0.4 is 15.1 Å². The summed E-state index contributed by atoms with van der Waals surface area (Å²) in [5, 5.41) is 13.0. The van der Waals surface area contributed by atoms with Crippen molar-refractivity contribution in [2.75, 3.05) is 33.2 Å². The zero-order chi connectivity index (χ0) is 19.5. The summed E-state index contributed by atoms with van der Waals surface area (Å²) >= 11 is 0. The van der Waals surface area contributed by atoms with Crippen molar-refractivity contribution in [3.63, 3.8) is 0 Å². The highest BCUT2D eigenvalue weighted by Crippen LogP contribution is 2.12. The number of hydrogen-bond donors (Lipinski definition) is 0. The van der Waals surface area contributed by atoms with Gasteiger partial charge >= 0.3 is 5.56 Å². The van der Waals surface area contributed by atoms with Crippen LogP contribution in [0.2, 0.25) is 0 Å². The van der Waals surface area contributed by atoms with Crippen molar-refractivity contribution in [2.24, 2.45) is 0 Å². The van der Waals surface area contributed by atoms with Gasteiger partial charge in [0.2, 0.25) is 0 Å². The van der Waals surface area contributed by atoms with Crippen molar-refractivity contribution in [3.8, 4) is 5.75 Å². The second kappa shape index (κ2) is 8.12. The quantitative estimate of drug-likeness (QED) is 0.612. The number of rotatable bonds is 5. The van der Waals surface area contributed by atoms with Crippen molar-refractivity contribution in [1.29, 1.82) is 0 Å². The van der Waals surface area contributed by atoms with E-state index in [4.69, 9.17) is 0 Å². The first kappa shape index (κ1) is 18.7. The fraction of sp³-hybridized carbons (Fsp3) is 0.364. The summed E-state index contributed by atoms with van der Waals surface area (Å²) in [5.74, 6) is -0.393. The maximum Gasteiger partial charge on any atom is 0.330 e. The van der Waals surface area contributed by atoms with Gasteiger partial charge in [-0.05, 0) is 18.7 Å². The van der Waals surface area contributed by atoms with Crippen LogP contribution in [0.15, 0.2) is 59.5 Å². The average molecular weight is 378 g/mol. The largest absolute Gasteiger partial charge is 0.864 e. The molecule has 0 saturated carbocycles. The van der Waals surface area contributed by atoms with Crippen LogP contribution in [0.4, 0.5) is 0 Å². The van der Waals surface area contributed by atoms with E-state index in [1.807, 2.05) is 59.1 Å². The van der Waals surface area contributed by atoms with E-state index in [0.29, 0.717) is 25.2 Å². The molecule has 28 heavy (non-hydrogen) atoms. The number of pyridine rings is 1. The molecular formula is C22H26N4O2. The van der Waals surface area contributed by atoms with Gasteiger partial charge in [0.25, 0.3) is 5.65 Å². The van der Waals surface area contributed by atoms with Crippen LogP contribution in [0.5, 0.6) is 5.75 Å². The number of piperazine rings is 1. The van der Waals surface area contributed by atoms with E-state index < -0.39 is 11.3 Å². The van der Waals surface area contributed by atoms with Crippen LogP contribution in [-0.4, -0.2) is 47.6 Å². The number of likely N-dealkylation sites (N-methyl/N-ethyl adjacent to an activating group) is 1. The molecule has 0 unspecified atom stereocenters. The minimum atomic E-state index is -0.425. The van der Waals surface area contributed by atoms with E-state index in [9.17, 15) is 9.90 Å². The van der Waals surface area contributed by atoms with Gasteiger partial charge in [-0.3, -0.25) is 4.90 Å². The van der Waals surface area contributed by atoms with Crippen LogP contribution in [0.1, 0.15) is 11.3 Å². The summed E-state index contributed by atoms with van der Waals surface area (Å²) in [6.07, 6.45) is 2.60. The smallest absolute Gasteiger partial charge is 0.330 e. The van der Waals surface area contributed by atoms with Crippen molar-refractivity contribution in [1.82, 2.24) is 14.4 Å². The lowest BCUT2D eigenvalue weighted by atomic mass is 10.1. The molecule has 2 aromatic heterocycles. The molecule has 0 aliphatic carbocycles. The molecule has 3 heterocycles. The maximum absolute atomic E-state index is 13.0. The normalized spacial score (nSPS) is 15.9. The van der Waals surface area contributed by atoms with Gasteiger partial charge in [-0.2, -0.15) is 4.57 Å². The Labute approximate surface area is 164 Å². The second-order valence-electron chi connectivity index (χ2n) is 7.48. The minimum Gasteiger partial charge on any atom is -0.864 e. The van der Waals surface area contributed by atoms with E-state index in [2.05, 4.69) is 16.8 Å². The number of nitrogens with zero attached hydrogens (tertiary/aromatic N) is 4. The second-order valence-corrected chi connectivity index (χ2v) is 7.48. The van der Waals surface area contributed by atoms with Gasteiger partial charge in [-0.25, -0.2) is 9.20 Å². The first-order valence-corrected chi connectivity index (χ1v) is 9.81. The maximum atomic E-state index is 13.0. The molecule has 1 aliphatic heterocycles. The number of hydrogen-bond acceptors (Lipinski definition) is 4. The SMILES string of the molecule is CN1CCN(Cc2c([O-])c(=O)n(CCc3ccccc3)c3cccc[n+]23)CC1. The molecule has 1 saturated heterocycles. The predicted octanol–water partition coefficient (Wildman–Crippen LogP) is 0.651. The molecule has 1 fully saturated rings. The Hall–Kier alpha value is -2.70. The van der Waals surface area contributed by atoms with Gasteiger partial charge in [0, 0.05) is 44.4 Å². The first-order chi connectivity index (χ1) is 13.6. The number of fused-ring (bicyclic) bond motifs is 1. The fourth-order valence-corrected chi connectivity index (χ4v) is 3.81. The molecule has 0 spiro atoms. The molecular weight excluding hydrogens is 352 g/mol. The number of aromatic nitrogens is 2. The molecule has 0 atom stereocenters. The third-order valence-electron chi connectivity index (χ3n) is 5.54. The third kappa shape index (κ3) is 3.79.